The van der Waals surface area contributed by atoms with E-state index in [1.807, 2.05) is 26.8 Å². The van der Waals surface area contributed by atoms with Crippen molar-refractivity contribution < 1.29 is 14.3 Å². The molecule has 0 aliphatic rings. The number of hydrogen-bond acceptors (Lipinski definition) is 4. The van der Waals surface area contributed by atoms with E-state index in [-0.39, 0.29) is 0 Å². The predicted octanol–water partition coefficient (Wildman–Crippen LogP) is 2.46. The van der Waals surface area contributed by atoms with E-state index in [4.69, 9.17) is 15.2 Å². The van der Waals surface area contributed by atoms with Crippen LogP contribution in [0.5, 0.6) is 5.75 Å². The van der Waals surface area contributed by atoms with Gasteiger partial charge in [0.1, 0.15) is 11.3 Å². The Morgan fingerprint density at radius 2 is 2.00 bits per heavy atom. The number of hydrogen-bond donors (Lipinski definition) is 1. The van der Waals surface area contributed by atoms with Crippen molar-refractivity contribution in [2.45, 2.75) is 27.2 Å². The first-order chi connectivity index (χ1) is 8.02. The van der Waals surface area contributed by atoms with Gasteiger partial charge in [-0.3, -0.25) is 0 Å². The second kappa shape index (κ2) is 5.57. The van der Waals surface area contributed by atoms with Gasteiger partial charge in [0, 0.05) is 0 Å². The molecular weight excluding hydrogens is 218 g/mol. The summed E-state index contributed by atoms with van der Waals surface area (Å²) in [6.07, 6.45) is 0.777. The van der Waals surface area contributed by atoms with Crippen LogP contribution in [-0.2, 0) is 4.74 Å². The van der Waals surface area contributed by atoms with Gasteiger partial charge in [-0.25, -0.2) is 4.79 Å². The second-order valence-electron chi connectivity index (χ2n) is 3.97. The smallest absolute Gasteiger partial charge is 0.344 e. The normalized spacial score (nSPS) is 10.1. The topological polar surface area (TPSA) is 61.5 Å². The van der Waals surface area contributed by atoms with Crippen molar-refractivity contribution in [1.29, 1.82) is 0 Å². The minimum Gasteiger partial charge on any atom is -0.495 e. The van der Waals surface area contributed by atoms with Gasteiger partial charge in [0.15, 0.2) is 0 Å². The fourth-order valence-electron chi connectivity index (χ4n) is 1.72. The standard InChI is InChI=1S/C13H19NO3/c1-5-6-17-13(15)10-11(14)8(2)7-9(3)12(10)16-4/h7H,5-6,14H2,1-4H3. The van der Waals surface area contributed by atoms with Crippen molar-refractivity contribution in [3.8, 4) is 5.75 Å². The van der Waals surface area contributed by atoms with Gasteiger partial charge in [0.25, 0.3) is 0 Å². The second-order valence-corrected chi connectivity index (χ2v) is 3.97. The van der Waals surface area contributed by atoms with Crippen LogP contribution < -0.4 is 10.5 Å². The zero-order chi connectivity index (χ0) is 13.0. The molecule has 1 rings (SSSR count). The first-order valence-corrected chi connectivity index (χ1v) is 5.63. The molecule has 4 nitrogen and oxygen atoms in total. The van der Waals surface area contributed by atoms with E-state index in [1.165, 1.54) is 7.11 Å². The minimum atomic E-state index is -0.423. The Labute approximate surface area is 102 Å². The van der Waals surface area contributed by atoms with Gasteiger partial charge in [-0.15, -0.1) is 0 Å². The largest absolute Gasteiger partial charge is 0.495 e. The highest BCUT2D eigenvalue weighted by atomic mass is 16.5. The quantitative estimate of drug-likeness (QED) is 0.645. The van der Waals surface area contributed by atoms with E-state index in [1.54, 1.807) is 0 Å². The molecule has 0 heterocycles. The lowest BCUT2D eigenvalue weighted by atomic mass is 10.0. The molecule has 0 aromatic heterocycles. The van der Waals surface area contributed by atoms with Crippen LogP contribution in [0.1, 0.15) is 34.8 Å². The maximum Gasteiger partial charge on any atom is 0.344 e. The molecule has 2 N–H and O–H groups in total. The highest BCUT2D eigenvalue weighted by molar-refractivity contribution is 5.99. The molecule has 0 unspecified atom stereocenters. The number of ether oxygens (including phenoxy) is 2. The Kier molecular flexibility index (Phi) is 4.37. The number of nitrogen functional groups attached to an aromatic ring is 1. The average Bonchev–Trinajstić information content (AvgIpc) is 2.30. The molecule has 0 aliphatic heterocycles. The van der Waals surface area contributed by atoms with E-state index < -0.39 is 5.97 Å². The van der Waals surface area contributed by atoms with Crippen molar-refractivity contribution in [1.82, 2.24) is 0 Å². The molecule has 4 heteroatoms. The monoisotopic (exact) mass is 237 g/mol. The van der Waals surface area contributed by atoms with Crippen LogP contribution in [0.15, 0.2) is 6.07 Å². The number of carbonyl (C=O) groups excluding carboxylic acids is 1. The lowest BCUT2D eigenvalue weighted by molar-refractivity contribution is 0.0502. The van der Waals surface area contributed by atoms with Gasteiger partial charge in [0.05, 0.1) is 19.4 Å². The maximum atomic E-state index is 11.9. The third-order valence-corrected chi connectivity index (χ3v) is 2.56. The van der Waals surface area contributed by atoms with Gasteiger partial charge in [0.2, 0.25) is 0 Å². The zero-order valence-electron chi connectivity index (χ0n) is 10.8. The lowest BCUT2D eigenvalue weighted by Crippen LogP contribution is -2.12. The van der Waals surface area contributed by atoms with E-state index >= 15 is 0 Å². The summed E-state index contributed by atoms with van der Waals surface area (Å²) < 4.78 is 10.3. The number of nitrogens with two attached hydrogens (primary N) is 1. The third-order valence-electron chi connectivity index (χ3n) is 2.56. The summed E-state index contributed by atoms with van der Waals surface area (Å²) >= 11 is 0. The lowest BCUT2D eigenvalue weighted by Gasteiger charge is -2.15. The van der Waals surface area contributed by atoms with Crippen LogP contribution >= 0.6 is 0 Å². The first-order valence-electron chi connectivity index (χ1n) is 5.63. The molecule has 0 spiro atoms. The summed E-state index contributed by atoms with van der Waals surface area (Å²) in [6.45, 7) is 6.06. The summed E-state index contributed by atoms with van der Waals surface area (Å²) in [6, 6.07) is 1.89. The summed E-state index contributed by atoms with van der Waals surface area (Å²) in [4.78, 5) is 11.9. The molecule has 1 aromatic rings. The summed E-state index contributed by atoms with van der Waals surface area (Å²) in [5.41, 5.74) is 8.41. The van der Waals surface area contributed by atoms with E-state index in [0.29, 0.717) is 23.6 Å². The van der Waals surface area contributed by atoms with Crippen molar-refractivity contribution >= 4 is 11.7 Å². The number of methoxy groups -OCH3 is 1. The highest BCUT2D eigenvalue weighted by Crippen LogP contribution is 2.32. The molecule has 0 aliphatic carbocycles. The van der Waals surface area contributed by atoms with Crippen LogP contribution in [-0.4, -0.2) is 19.7 Å². The average molecular weight is 237 g/mol. The number of esters is 1. The molecule has 0 atom stereocenters. The number of carbonyl (C=O) groups is 1. The van der Waals surface area contributed by atoms with Crippen molar-refractivity contribution in [2.75, 3.05) is 19.5 Å². The predicted molar refractivity (Wildman–Crippen MR) is 67.5 cm³/mol. The Bertz CT molecular complexity index is 427. The fraction of sp³-hybridized carbons (Fsp3) is 0.462. The van der Waals surface area contributed by atoms with Crippen molar-refractivity contribution in [3.63, 3.8) is 0 Å². The summed E-state index contributed by atoms with van der Waals surface area (Å²) in [7, 11) is 1.52. The maximum absolute atomic E-state index is 11.9. The van der Waals surface area contributed by atoms with Crippen molar-refractivity contribution in [2.24, 2.45) is 0 Å². The molecule has 0 saturated heterocycles. The number of benzene rings is 1. The van der Waals surface area contributed by atoms with Crippen molar-refractivity contribution in [3.05, 3.63) is 22.8 Å². The van der Waals surface area contributed by atoms with Crippen LogP contribution in [0.4, 0.5) is 5.69 Å². The number of rotatable bonds is 4. The van der Waals surface area contributed by atoms with Gasteiger partial charge in [-0.2, -0.15) is 0 Å². The SMILES string of the molecule is CCCOC(=O)c1c(N)c(C)cc(C)c1OC. The minimum absolute atomic E-state index is 0.332. The Morgan fingerprint density at radius 1 is 1.35 bits per heavy atom. The van der Waals surface area contributed by atoms with E-state index in [2.05, 4.69) is 0 Å². The number of anilines is 1. The van der Waals surface area contributed by atoms with Gasteiger partial charge < -0.3 is 15.2 Å². The third kappa shape index (κ3) is 2.70. The molecule has 0 fully saturated rings. The number of aryl methyl sites for hydroxylation is 2. The zero-order valence-corrected chi connectivity index (χ0v) is 10.8. The molecule has 0 radical (unpaired) electrons. The molecule has 0 saturated carbocycles. The molecule has 0 bridgehead atoms. The Balaban J connectivity index is 3.24. The Morgan fingerprint density at radius 3 is 2.53 bits per heavy atom. The summed E-state index contributed by atoms with van der Waals surface area (Å²) in [5, 5.41) is 0. The van der Waals surface area contributed by atoms with Crippen LogP contribution in [0.3, 0.4) is 0 Å². The van der Waals surface area contributed by atoms with E-state index in [0.717, 1.165) is 17.5 Å². The highest BCUT2D eigenvalue weighted by Gasteiger charge is 2.21. The van der Waals surface area contributed by atoms with Gasteiger partial charge in [-0.1, -0.05) is 13.0 Å². The molecule has 0 amide bonds. The molecular formula is C13H19NO3. The van der Waals surface area contributed by atoms with Gasteiger partial charge in [-0.05, 0) is 31.4 Å². The van der Waals surface area contributed by atoms with Crippen LogP contribution in [0.25, 0.3) is 0 Å². The van der Waals surface area contributed by atoms with Crippen LogP contribution in [0, 0.1) is 13.8 Å². The Hall–Kier alpha value is -1.71. The molecule has 17 heavy (non-hydrogen) atoms. The first kappa shape index (κ1) is 13.4. The molecule has 1 aromatic carbocycles. The van der Waals surface area contributed by atoms with Crippen LogP contribution in [0.2, 0.25) is 0 Å². The fourth-order valence-corrected chi connectivity index (χ4v) is 1.72. The molecule has 94 valence electrons. The van der Waals surface area contributed by atoms with E-state index in [9.17, 15) is 4.79 Å². The summed E-state index contributed by atoms with van der Waals surface area (Å²) in [5.74, 6) is 0.0715. The van der Waals surface area contributed by atoms with Gasteiger partial charge >= 0.3 is 5.97 Å².